The van der Waals surface area contributed by atoms with Crippen LogP contribution in [0.1, 0.15) is 11.8 Å². The van der Waals surface area contributed by atoms with E-state index in [2.05, 4.69) is 11.4 Å². The summed E-state index contributed by atoms with van der Waals surface area (Å²) < 4.78 is 15.1. The van der Waals surface area contributed by atoms with E-state index in [1.54, 1.807) is 22.0 Å². The molecule has 0 aliphatic heterocycles. The first kappa shape index (κ1) is 14.8. The Morgan fingerprint density at radius 2 is 2.23 bits per heavy atom. The minimum Gasteiger partial charge on any atom is -0.352 e. The molecule has 0 fully saturated rings. The summed E-state index contributed by atoms with van der Waals surface area (Å²) in [5, 5.41) is 5.95. The number of hydrogen-bond acceptors (Lipinski definition) is 2. The predicted octanol–water partition coefficient (Wildman–Crippen LogP) is 3.59. The van der Waals surface area contributed by atoms with E-state index in [1.807, 2.05) is 30.6 Å². The zero-order valence-electron chi connectivity index (χ0n) is 12.3. The fraction of sp³-hybridized carbons (Fsp3) is 0.235. The summed E-state index contributed by atoms with van der Waals surface area (Å²) in [6, 6.07) is 10.6. The summed E-state index contributed by atoms with van der Waals surface area (Å²) in [5.41, 5.74) is 0.737. The van der Waals surface area contributed by atoms with Gasteiger partial charge < -0.3 is 9.88 Å². The Morgan fingerprint density at radius 1 is 1.36 bits per heavy atom. The molecule has 0 radical (unpaired) electrons. The molecule has 0 unspecified atom stereocenters. The van der Waals surface area contributed by atoms with Crippen molar-refractivity contribution in [1.29, 1.82) is 0 Å². The molecule has 2 aromatic heterocycles. The summed E-state index contributed by atoms with van der Waals surface area (Å²) in [6.07, 6.45) is 2.64. The van der Waals surface area contributed by atoms with Crippen LogP contribution < -0.4 is 5.32 Å². The number of nitrogens with one attached hydrogen (secondary N) is 1. The molecule has 2 heterocycles. The van der Waals surface area contributed by atoms with E-state index in [-0.39, 0.29) is 24.3 Å². The highest BCUT2D eigenvalue weighted by Crippen LogP contribution is 2.17. The zero-order valence-corrected chi connectivity index (χ0v) is 13.1. The van der Waals surface area contributed by atoms with Crippen LogP contribution in [0.2, 0.25) is 0 Å². The Bertz CT molecular complexity index is 779. The molecule has 1 N–H and O–H groups in total. The molecular weight excluding hydrogens is 299 g/mol. The van der Waals surface area contributed by atoms with Gasteiger partial charge in [0.05, 0.1) is 5.52 Å². The monoisotopic (exact) mass is 316 g/mol. The number of carbonyl (C=O) groups excluding carboxylic acids is 1. The van der Waals surface area contributed by atoms with Gasteiger partial charge in [-0.3, -0.25) is 4.79 Å². The van der Waals surface area contributed by atoms with E-state index in [0.717, 1.165) is 17.3 Å². The third-order valence-electron chi connectivity index (χ3n) is 3.54. The van der Waals surface area contributed by atoms with E-state index in [0.29, 0.717) is 0 Å². The van der Waals surface area contributed by atoms with Crippen LogP contribution in [0.15, 0.2) is 48.0 Å². The molecule has 0 saturated heterocycles. The van der Waals surface area contributed by atoms with Crippen molar-refractivity contribution in [2.75, 3.05) is 0 Å². The minimum atomic E-state index is -0.293. The Morgan fingerprint density at radius 3 is 3.00 bits per heavy atom. The molecule has 5 heteroatoms. The van der Waals surface area contributed by atoms with Crippen molar-refractivity contribution in [2.45, 2.75) is 25.9 Å². The van der Waals surface area contributed by atoms with Crippen molar-refractivity contribution in [3.05, 3.63) is 58.7 Å². The second kappa shape index (κ2) is 6.32. The fourth-order valence-corrected chi connectivity index (χ4v) is 3.39. The smallest absolute Gasteiger partial charge is 0.240 e. The second-order valence-electron chi connectivity index (χ2n) is 5.40. The van der Waals surface area contributed by atoms with Gasteiger partial charge in [0.15, 0.2) is 0 Å². The molecule has 0 spiro atoms. The number of carbonyl (C=O) groups is 1. The van der Waals surface area contributed by atoms with Crippen molar-refractivity contribution in [3.63, 3.8) is 0 Å². The maximum absolute atomic E-state index is 13.3. The molecule has 0 aliphatic carbocycles. The molecule has 1 atom stereocenters. The van der Waals surface area contributed by atoms with Crippen LogP contribution in [-0.4, -0.2) is 16.5 Å². The number of rotatable bonds is 5. The second-order valence-corrected chi connectivity index (χ2v) is 6.43. The molecule has 3 aromatic rings. The summed E-state index contributed by atoms with van der Waals surface area (Å²) in [7, 11) is 0. The highest BCUT2D eigenvalue weighted by molar-refractivity contribution is 7.09. The molecule has 0 saturated carbocycles. The first-order valence-electron chi connectivity index (χ1n) is 7.18. The van der Waals surface area contributed by atoms with Crippen LogP contribution in [0.4, 0.5) is 4.39 Å². The van der Waals surface area contributed by atoms with Gasteiger partial charge in [-0.15, -0.1) is 11.3 Å². The van der Waals surface area contributed by atoms with Crippen molar-refractivity contribution >= 4 is 28.1 Å². The number of benzene rings is 1. The van der Waals surface area contributed by atoms with E-state index in [1.165, 1.54) is 17.0 Å². The van der Waals surface area contributed by atoms with Crippen molar-refractivity contribution in [1.82, 2.24) is 9.88 Å². The van der Waals surface area contributed by atoms with Crippen LogP contribution in [0, 0.1) is 5.82 Å². The number of amides is 1. The number of halogens is 1. The Kier molecular flexibility index (Phi) is 4.24. The normalized spacial score (nSPS) is 12.5. The van der Waals surface area contributed by atoms with Gasteiger partial charge in [-0.05, 0) is 48.0 Å². The SMILES string of the molecule is C[C@@H](Cc1cccs1)NC(=O)Cn1ccc2ccc(F)cc21. The quantitative estimate of drug-likeness (QED) is 0.767. The van der Waals surface area contributed by atoms with Gasteiger partial charge in [-0.25, -0.2) is 4.39 Å². The molecule has 0 bridgehead atoms. The van der Waals surface area contributed by atoms with E-state index >= 15 is 0 Å². The summed E-state index contributed by atoms with van der Waals surface area (Å²) in [6.45, 7) is 2.19. The van der Waals surface area contributed by atoms with Crippen LogP contribution in [0.25, 0.3) is 10.9 Å². The Labute approximate surface area is 132 Å². The fourth-order valence-electron chi connectivity index (χ4n) is 2.55. The Hall–Kier alpha value is -2.14. The molecule has 1 amide bonds. The third-order valence-corrected chi connectivity index (χ3v) is 4.44. The molecule has 3 rings (SSSR count). The molecule has 1 aromatic carbocycles. The van der Waals surface area contributed by atoms with Gasteiger partial charge >= 0.3 is 0 Å². The lowest BCUT2D eigenvalue weighted by Crippen LogP contribution is -2.36. The summed E-state index contributed by atoms with van der Waals surface area (Å²) in [5.74, 6) is -0.357. The summed E-state index contributed by atoms with van der Waals surface area (Å²) in [4.78, 5) is 13.4. The minimum absolute atomic E-state index is 0.0641. The number of nitrogens with zero attached hydrogens (tertiary/aromatic N) is 1. The van der Waals surface area contributed by atoms with Crippen molar-refractivity contribution in [3.8, 4) is 0 Å². The Balaban J connectivity index is 1.64. The predicted molar refractivity (Wildman–Crippen MR) is 87.5 cm³/mol. The van der Waals surface area contributed by atoms with Crippen LogP contribution in [0.5, 0.6) is 0 Å². The highest BCUT2D eigenvalue weighted by Gasteiger charge is 2.11. The average Bonchev–Trinajstić information content (AvgIpc) is 3.09. The molecular formula is C17H17FN2OS. The maximum Gasteiger partial charge on any atom is 0.240 e. The van der Waals surface area contributed by atoms with Crippen LogP contribution in [0.3, 0.4) is 0 Å². The lowest BCUT2D eigenvalue weighted by Gasteiger charge is -2.13. The largest absolute Gasteiger partial charge is 0.352 e. The molecule has 114 valence electrons. The molecule has 0 aliphatic rings. The van der Waals surface area contributed by atoms with Gasteiger partial charge in [0.25, 0.3) is 0 Å². The van der Waals surface area contributed by atoms with E-state index in [9.17, 15) is 9.18 Å². The van der Waals surface area contributed by atoms with Crippen LogP contribution >= 0.6 is 11.3 Å². The van der Waals surface area contributed by atoms with E-state index in [4.69, 9.17) is 0 Å². The zero-order chi connectivity index (χ0) is 15.5. The first-order chi connectivity index (χ1) is 10.6. The van der Waals surface area contributed by atoms with Gasteiger partial charge in [0.1, 0.15) is 12.4 Å². The first-order valence-corrected chi connectivity index (χ1v) is 8.06. The van der Waals surface area contributed by atoms with Gasteiger partial charge in [0.2, 0.25) is 5.91 Å². The number of aromatic nitrogens is 1. The summed E-state index contributed by atoms with van der Waals surface area (Å²) >= 11 is 1.69. The maximum atomic E-state index is 13.3. The van der Waals surface area contributed by atoms with Gasteiger partial charge in [-0.1, -0.05) is 6.07 Å². The van der Waals surface area contributed by atoms with Crippen LogP contribution in [-0.2, 0) is 17.8 Å². The lowest BCUT2D eigenvalue weighted by atomic mass is 10.2. The van der Waals surface area contributed by atoms with Crippen molar-refractivity contribution < 1.29 is 9.18 Å². The van der Waals surface area contributed by atoms with Crippen molar-refractivity contribution in [2.24, 2.45) is 0 Å². The van der Waals surface area contributed by atoms with Gasteiger partial charge in [-0.2, -0.15) is 0 Å². The molecule has 3 nitrogen and oxygen atoms in total. The third kappa shape index (κ3) is 3.36. The number of hydrogen-bond donors (Lipinski definition) is 1. The van der Waals surface area contributed by atoms with E-state index < -0.39 is 0 Å². The standard InChI is InChI=1S/C17H17FN2OS/c1-12(9-15-3-2-8-22-15)19-17(21)11-20-7-6-13-4-5-14(18)10-16(13)20/h2-8,10,12H,9,11H2,1H3,(H,19,21)/t12-/m0/s1. The molecule has 22 heavy (non-hydrogen) atoms. The van der Waals surface area contributed by atoms with Gasteiger partial charge in [0, 0.05) is 23.5 Å². The number of thiophene rings is 1. The highest BCUT2D eigenvalue weighted by atomic mass is 32.1. The topological polar surface area (TPSA) is 34.0 Å². The average molecular weight is 316 g/mol. The number of fused-ring (bicyclic) bond motifs is 1. The lowest BCUT2D eigenvalue weighted by molar-refractivity contribution is -0.122.